The number of fused-ring (bicyclic) bond motifs is 1. The summed E-state index contributed by atoms with van der Waals surface area (Å²) in [6.45, 7) is 2.44. The van der Waals surface area contributed by atoms with Gasteiger partial charge in [0.2, 0.25) is 12.7 Å². The molecule has 3 heterocycles. The Morgan fingerprint density at radius 2 is 2.20 bits per heavy atom. The highest BCUT2D eigenvalue weighted by atomic mass is 35.5. The number of nitrogens with one attached hydrogen (secondary N) is 1. The molecule has 4 rings (SSSR count). The van der Waals surface area contributed by atoms with E-state index in [1.54, 1.807) is 6.20 Å². The second kappa shape index (κ2) is 7.33. The van der Waals surface area contributed by atoms with E-state index in [4.69, 9.17) is 9.47 Å². The van der Waals surface area contributed by atoms with Gasteiger partial charge in [0.1, 0.15) is 11.9 Å². The molecule has 0 radical (unpaired) electrons. The number of carbonyl (C=O) groups is 1. The van der Waals surface area contributed by atoms with E-state index in [9.17, 15) is 4.79 Å². The van der Waals surface area contributed by atoms with Gasteiger partial charge in [-0.05, 0) is 17.7 Å². The van der Waals surface area contributed by atoms with Gasteiger partial charge >= 0.3 is 0 Å². The van der Waals surface area contributed by atoms with Crippen LogP contribution in [0.5, 0.6) is 11.5 Å². The van der Waals surface area contributed by atoms with Gasteiger partial charge in [0.25, 0.3) is 0 Å². The summed E-state index contributed by atoms with van der Waals surface area (Å²) in [6, 6.07) is 5.63. The third kappa shape index (κ3) is 3.43. The molecule has 1 N–H and O–H groups in total. The molecule has 1 saturated heterocycles. The molecule has 1 amide bonds. The third-order valence-corrected chi connectivity index (χ3v) is 4.51. The number of piperazine rings is 1. The molecular weight excluding hydrogens is 344 g/mol. The Bertz CT molecular complexity index is 764. The lowest BCUT2D eigenvalue weighted by Gasteiger charge is -2.35. The van der Waals surface area contributed by atoms with Gasteiger partial charge in [-0.15, -0.1) is 12.4 Å². The fourth-order valence-electron chi connectivity index (χ4n) is 3.26. The van der Waals surface area contributed by atoms with Crippen molar-refractivity contribution >= 4 is 18.3 Å². The van der Waals surface area contributed by atoms with Gasteiger partial charge < -0.3 is 24.3 Å². The Balaban J connectivity index is 0.00000182. The second-order valence-electron chi connectivity index (χ2n) is 6.07. The molecule has 0 saturated carbocycles. The Morgan fingerprint density at radius 3 is 3.00 bits per heavy atom. The first kappa shape index (κ1) is 17.6. The van der Waals surface area contributed by atoms with Crippen LogP contribution in [-0.2, 0) is 18.3 Å². The number of rotatable bonds is 3. The van der Waals surface area contributed by atoms with Crippen LogP contribution >= 0.6 is 12.4 Å². The second-order valence-corrected chi connectivity index (χ2v) is 6.07. The van der Waals surface area contributed by atoms with E-state index in [2.05, 4.69) is 10.3 Å². The summed E-state index contributed by atoms with van der Waals surface area (Å²) in [5.41, 5.74) is 0.932. The first-order valence-electron chi connectivity index (χ1n) is 8.08. The third-order valence-electron chi connectivity index (χ3n) is 4.51. The fraction of sp³-hybridized carbons (Fsp3) is 0.412. The maximum Gasteiger partial charge on any atom is 0.231 e. The van der Waals surface area contributed by atoms with Crippen LogP contribution in [0, 0.1) is 0 Å². The molecule has 2 aliphatic heterocycles. The lowest BCUT2D eigenvalue weighted by atomic mass is 10.1. The molecule has 2 aliphatic rings. The molecule has 1 aromatic carbocycles. The van der Waals surface area contributed by atoms with Crippen LogP contribution in [0.4, 0.5) is 0 Å². The Labute approximate surface area is 152 Å². The summed E-state index contributed by atoms with van der Waals surface area (Å²) < 4.78 is 12.7. The topological polar surface area (TPSA) is 68.6 Å². The van der Waals surface area contributed by atoms with Crippen LogP contribution in [0.25, 0.3) is 0 Å². The zero-order valence-electron chi connectivity index (χ0n) is 14.0. The maximum absolute atomic E-state index is 12.9. The van der Waals surface area contributed by atoms with Crippen molar-refractivity contribution in [3.63, 3.8) is 0 Å². The van der Waals surface area contributed by atoms with Crippen molar-refractivity contribution in [3.8, 4) is 11.5 Å². The number of carbonyl (C=O) groups excluding carboxylic acids is 1. The van der Waals surface area contributed by atoms with Gasteiger partial charge in [0.15, 0.2) is 11.5 Å². The molecule has 134 valence electrons. The monoisotopic (exact) mass is 364 g/mol. The summed E-state index contributed by atoms with van der Waals surface area (Å²) in [6.07, 6.45) is 4.02. The SMILES string of the molecule is Cl.Cn1ccnc1C1CNCCN1C(=O)Cc1ccc2c(c1)OCO2. The van der Waals surface area contributed by atoms with Crippen molar-refractivity contribution in [1.29, 1.82) is 0 Å². The van der Waals surface area contributed by atoms with Crippen LogP contribution in [0.2, 0.25) is 0 Å². The van der Waals surface area contributed by atoms with Gasteiger partial charge in [0.05, 0.1) is 6.42 Å². The molecule has 2 aromatic rings. The first-order chi connectivity index (χ1) is 11.7. The van der Waals surface area contributed by atoms with Crippen molar-refractivity contribution in [3.05, 3.63) is 42.0 Å². The van der Waals surface area contributed by atoms with Crippen molar-refractivity contribution in [1.82, 2.24) is 19.8 Å². The Morgan fingerprint density at radius 1 is 1.36 bits per heavy atom. The molecule has 1 aromatic heterocycles. The normalized spacial score (nSPS) is 18.8. The lowest BCUT2D eigenvalue weighted by molar-refractivity contribution is -0.134. The van der Waals surface area contributed by atoms with E-state index in [1.807, 2.05) is 40.9 Å². The molecule has 8 heteroatoms. The molecule has 0 bridgehead atoms. The number of imidazole rings is 1. The van der Waals surface area contributed by atoms with Crippen molar-refractivity contribution in [2.24, 2.45) is 7.05 Å². The van der Waals surface area contributed by atoms with Crippen LogP contribution in [0.3, 0.4) is 0 Å². The number of nitrogens with zero attached hydrogens (tertiary/aromatic N) is 3. The van der Waals surface area contributed by atoms with Crippen molar-refractivity contribution in [2.75, 3.05) is 26.4 Å². The molecule has 1 fully saturated rings. The molecular formula is C17H21ClN4O3. The number of ether oxygens (including phenoxy) is 2. The van der Waals surface area contributed by atoms with Crippen LogP contribution < -0.4 is 14.8 Å². The van der Waals surface area contributed by atoms with E-state index >= 15 is 0 Å². The van der Waals surface area contributed by atoms with E-state index in [0.717, 1.165) is 30.2 Å². The number of aromatic nitrogens is 2. The quantitative estimate of drug-likeness (QED) is 0.888. The average Bonchev–Trinajstić information content (AvgIpc) is 3.23. The first-order valence-corrected chi connectivity index (χ1v) is 8.08. The van der Waals surface area contributed by atoms with Gasteiger partial charge in [-0.2, -0.15) is 0 Å². The molecule has 7 nitrogen and oxygen atoms in total. The Hall–Kier alpha value is -2.25. The number of halogens is 1. The van der Waals surface area contributed by atoms with Crippen molar-refractivity contribution < 1.29 is 14.3 Å². The lowest BCUT2D eigenvalue weighted by Crippen LogP contribution is -2.49. The largest absolute Gasteiger partial charge is 0.454 e. The minimum absolute atomic E-state index is 0. The zero-order valence-corrected chi connectivity index (χ0v) is 14.8. The number of hydrogen-bond donors (Lipinski definition) is 1. The number of hydrogen-bond acceptors (Lipinski definition) is 5. The van der Waals surface area contributed by atoms with Crippen molar-refractivity contribution in [2.45, 2.75) is 12.5 Å². The summed E-state index contributed by atoms with van der Waals surface area (Å²) in [5, 5.41) is 3.35. The minimum Gasteiger partial charge on any atom is -0.454 e. The molecule has 25 heavy (non-hydrogen) atoms. The minimum atomic E-state index is -0.0414. The predicted molar refractivity (Wildman–Crippen MR) is 94.0 cm³/mol. The van der Waals surface area contributed by atoms with Gasteiger partial charge in [-0.25, -0.2) is 4.98 Å². The van der Waals surface area contributed by atoms with Gasteiger partial charge in [-0.3, -0.25) is 4.79 Å². The van der Waals surface area contributed by atoms with Crippen LogP contribution in [0.1, 0.15) is 17.4 Å². The van der Waals surface area contributed by atoms with E-state index in [-0.39, 0.29) is 31.1 Å². The standard InChI is InChI=1S/C17H20N4O3.ClH/c1-20-6-5-19-17(20)13-10-18-4-7-21(13)16(22)9-12-2-3-14-15(8-12)24-11-23-14;/h2-3,5-6,8,13,18H,4,7,9-11H2,1H3;1H. The molecule has 1 unspecified atom stereocenters. The maximum atomic E-state index is 12.9. The summed E-state index contributed by atoms with van der Waals surface area (Å²) in [7, 11) is 1.96. The smallest absolute Gasteiger partial charge is 0.231 e. The summed E-state index contributed by atoms with van der Waals surface area (Å²) in [4.78, 5) is 19.2. The van der Waals surface area contributed by atoms with E-state index < -0.39 is 0 Å². The summed E-state index contributed by atoms with van der Waals surface area (Å²) in [5.74, 6) is 2.45. The number of aryl methyl sites for hydroxylation is 1. The number of amides is 1. The predicted octanol–water partition coefficient (Wildman–Crippen LogP) is 1.29. The van der Waals surface area contributed by atoms with Gasteiger partial charge in [0, 0.05) is 39.1 Å². The Kier molecular flexibility index (Phi) is 5.15. The molecule has 1 atom stereocenters. The summed E-state index contributed by atoms with van der Waals surface area (Å²) >= 11 is 0. The highest BCUT2D eigenvalue weighted by molar-refractivity contribution is 5.85. The highest BCUT2D eigenvalue weighted by Gasteiger charge is 2.30. The zero-order chi connectivity index (χ0) is 16.5. The molecule has 0 spiro atoms. The van der Waals surface area contributed by atoms with Crippen LogP contribution in [0.15, 0.2) is 30.6 Å². The van der Waals surface area contributed by atoms with E-state index in [0.29, 0.717) is 18.7 Å². The number of benzene rings is 1. The fourth-order valence-corrected chi connectivity index (χ4v) is 3.26. The average molecular weight is 365 g/mol. The molecule has 0 aliphatic carbocycles. The van der Waals surface area contributed by atoms with E-state index in [1.165, 1.54) is 0 Å². The van der Waals surface area contributed by atoms with Crippen LogP contribution in [-0.4, -0.2) is 46.8 Å². The highest BCUT2D eigenvalue weighted by Crippen LogP contribution is 2.33. The van der Waals surface area contributed by atoms with Gasteiger partial charge in [-0.1, -0.05) is 6.07 Å².